The van der Waals surface area contributed by atoms with Crippen molar-refractivity contribution in [1.82, 2.24) is 14.5 Å². The Balaban J connectivity index is 1.81. The molecular formula is C16H15BrN4. The molecule has 0 bridgehead atoms. The molecule has 2 aromatic heterocycles. The minimum atomic E-state index is 0.185. The highest BCUT2D eigenvalue weighted by Gasteiger charge is 2.07. The third kappa shape index (κ3) is 3.31. The third-order valence-corrected chi connectivity index (χ3v) is 3.69. The summed E-state index contributed by atoms with van der Waals surface area (Å²) in [6.07, 6.45) is 9.11. The van der Waals surface area contributed by atoms with Gasteiger partial charge in [0.2, 0.25) is 0 Å². The average molecular weight is 343 g/mol. The zero-order valence-corrected chi connectivity index (χ0v) is 13.2. The Bertz CT molecular complexity index is 725. The first kappa shape index (κ1) is 13.8. The summed E-state index contributed by atoms with van der Waals surface area (Å²) in [5.74, 6) is 0. The van der Waals surface area contributed by atoms with Crippen molar-refractivity contribution in [2.75, 3.05) is 5.32 Å². The van der Waals surface area contributed by atoms with E-state index in [1.54, 1.807) is 18.7 Å². The van der Waals surface area contributed by atoms with Crippen LogP contribution in [0.5, 0.6) is 0 Å². The summed E-state index contributed by atoms with van der Waals surface area (Å²) in [5, 5.41) is 3.45. The van der Waals surface area contributed by atoms with Crippen LogP contribution >= 0.6 is 15.9 Å². The predicted molar refractivity (Wildman–Crippen MR) is 87.5 cm³/mol. The zero-order chi connectivity index (χ0) is 14.7. The fraction of sp³-hybridized carbons (Fsp3) is 0.125. The second-order valence-corrected chi connectivity index (χ2v) is 5.74. The van der Waals surface area contributed by atoms with Gasteiger partial charge in [-0.05, 0) is 46.6 Å². The number of anilines is 1. The summed E-state index contributed by atoms with van der Waals surface area (Å²) in [5.41, 5.74) is 3.30. The SMILES string of the molecule is C[C@@H](Nc1cncc(Br)c1)c1cccc(-n2ccnc2)c1. The Hall–Kier alpha value is -2.14. The first-order valence-corrected chi connectivity index (χ1v) is 7.47. The van der Waals surface area contributed by atoms with Crippen molar-refractivity contribution >= 4 is 21.6 Å². The smallest absolute Gasteiger partial charge is 0.0991 e. The van der Waals surface area contributed by atoms with Gasteiger partial charge in [-0.2, -0.15) is 0 Å². The molecule has 3 rings (SSSR count). The van der Waals surface area contributed by atoms with Crippen LogP contribution in [0.1, 0.15) is 18.5 Å². The third-order valence-electron chi connectivity index (χ3n) is 3.26. The maximum Gasteiger partial charge on any atom is 0.0991 e. The molecule has 0 fully saturated rings. The highest BCUT2D eigenvalue weighted by Crippen LogP contribution is 2.22. The van der Waals surface area contributed by atoms with Crippen LogP contribution < -0.4 is 5.32 Å². The van der Waals surface area contributed by atoms with E-state index in [1.807, 2.05) is 23.0 Å². The number of rotatable bonds is 4. The van der Waals surface area contributed by atoms with E-state index in [9.17, 15) is 0 Å². The van der Waals surface area contributed by atoms with E-state index in [4.69, 9.17) is 0 Å². The number of hydrogen-bond acceptors (Lipinski definition) is 3. The van der Waals surface area contributed by atoms with Crippen LogP contribution in [-0.4, -0.2) is 14.5 Å². The summed E-state index contributed by atoms with van der Waals surface area (Å²) >= 11 is 3.43. The Morgan fingerprint density at radius 2 is 2.10 bits per heavy atom. The molecule has 2 heterocycles. The summed E-state index contributed by atoms with van der Waals surface area (Å²) < 4.78 is 2.96. The van der Waals surface area contributed by atoms with E-state index in [0.717, 1.165) is 15.8 Å². The highest BCUT2D eigenvalue weighted by atomic mass is 79.9. The first-order chi connectivity index (χ1) is 10.2. The van der Waals surface area contributed by atoms with Gasteiger partial charge < -0.3 is 9.88 Å². The van der Waals surface area contributed by atoms with Crippen LogP contribution in [0.3, 0.4) is 0 Å². The van der Waals surface area contributed by atoms with Gasteiger partial charge in [0.25, 0.3) is 0 Å². The number of benzene rings is 1. The Morgan fingerprint density at radius 3 is 2.86 bits per heavy atom. The van der Waals surface area contributed by atoms with Gasteiger partial charge in [0.05, 0.1) is 18.2 Å². The molecule has 3 aromatic rings. The van der Waals surface area contributed by atoms with Crippen molar-refractivity contribution in [3.8, 4) is 5.69 Å². The maximum atomic E-state index is 4.17. The van der Waals surface area contributed by atoms with Gasteiger partial charge in [-0.15, -0.1) is 0 Å². The van der Waals surface area contributed by atoms with Crippen LogP contribution in [0, 0.1) is 0 Å². The summed E-state index contributed by atoms with van der Waals surface area (Å²) in [6.45, 7) is 2.13. The molecule has 1 atom stereocenters. The van der Waals surface area contributed by atoms with Crippen LogP contribution in [0.4, 0.5) is 5.69 Å². The van der Waals surface area contributed by atoms with Gasteiger partial charge in [-0.3, -0.25) is 4.98 Å². The number of imidazole rings is 1. The second kappa shape index (κ2) is 6.10. The number of nitrogens with one attached hydrogen (secondary N) is 1. The van der Waals surface area contributed by atoms with Crippen LogP contribution in [0.15, 0.2) is 65.9 Å². The number of nitrogens with zero attached hydrogens (tertiary/aromatic N) is 3. The number of halogens is 1. The molecule has 0 radical (unpaired) electrons. The molecule has 0 amide bonds. The standard InChI is InChI=1S/C16H15BrN4/c1-12(20-15-8-14(17)9-19-10-15)13-3-2-4-16(7-13)21-6-5-18-11-21/h2-12,20H,1H3/t12-/m1/s1. The maximum absolute atomic E-state index is 4.17. The van der Waals surface area contributed by atoms with Crippen LogP contribution in [-0.2, 0) is 0 Å². The molecular weight excluding hydrogens is 328 g/mol. The molecule has 1 aromatic carbocycles. The molecule has 5 heteroatoms. The molecule has 0 aliphatic rings. The minimum absolute atomic E-state index is 0.185. The second-order valence-electron chi connectivity index (χ2n) is 4.82. The number of hydrogen-bond donors (Lipinski definition) is 1. The van der Waals surface area contributed by atoms with Gasteiger partial charge in [-0.25, -0.2) is 4.98 Å². The molecule has 0 saturated carbocycles. The summed E-state index contributed by atoms with van der Waals surface area (Å²) in [6, 6.07) is 10.6. The molecule has 0 aliphatic carbocycles. The molecule has 0 aliphatic heterocycles. The lowest BCUT2D eigenvalue weighted by molar-refractivity contribution is 0.878. The average Bonchev–Trinajstić information content (AvgIpc) is 3.02. The number of pyridine rings is 1. The number of aromatic nitrogens is 3. The quantitative estimate of drug-likeness (QED) is 0.772. The Morgan fingerprint density at radius 1 is 1.19 bits per heavy atom. The van der Waals surface area contributed by atoms with Crippen molar-refractivity contribution in [2.24, 2.45) is 0 Å². The van der Waals surface area contributed by atoms with Crippen molar-refractivity contribution in [2.45, 2.75) is 13.0 Å². The highest BCUT2D eigenvalue weighted by molar-refractivity contribution is 9.10. The predicted octanol–water partition coefficient (Wildman–Crippen LogP) is 4.20. The lowest BCUT2D eigenvalue weighted by Gasteiger charge is -2.16. The van der Waals surface area contributed by atoms with E-state index >= 15 is 0 Å². The van der Waals surface area contributed by atoms with Gasteiger partial charge in [-0.1, -0.05) is 12.1 Å². The fourth-order valence-corrected chi connectivity index (χ4v) is 2.56. The van der Waals surface area contributed by atoms with Crippen molar-refractivity contribution in [3.63, 3.8) is 0 Å². The molecule has 1 N–H and O–H groups in total. The van der Waals surface area contributed by atoms with E-state index in [2.05, 4.69) is 62.4 Å². The minimum Gasteiger partial charge on any atom is -0.377 e. The summed E-state index contributed by atoms with van der Waals surface area (Å²) in [4.78, 5) is 8.25. The Kier molecular flexibility index (Phi) is 4.01. The van der Waals surface area contributed by atoms with E-state index in [-0.39, 0.29) is 6.04 Å². The van der Waals surface area contributed by atoms with Crippen LogP contribution in [0.2, 0.25) is 0 Å². The first-order valence-electron chi connectivity index (χ1n) is 6.68. The molecule has 0 saturated heterocycles. The van der Waals surface area contributed by atoms with Crippen molar-refractivity contribution in [3.05, 3.63) is 71.5 Å². The zero-order valence-electron chi connectivity index (χ0n) is 11.6. The molecule has 0 unspecified atom stereocenters. The van der Waals surface area contributed by atoms with Gasteiger partial charge in [0, 0.05) is 34.8 Å². The molecule has 0 spiro atoms. The van der Waals surface area contributed by atoms with E-state index in [1.165, 1.54) is 5.56 Å². The van der Waals surface area contributed by atoms with Gasteiger partial charge >= 0.3 is 0 Å². The lowest BCUT2D eigenvalue weighted by Crippen LogP contribution is -2.07. The molecule has 106 valence electrons. The van der Waals surface area contributed by atoms with Crippen molar-refractivity contribution in [1.29, 1.82) is 0 Å². The van der Waals surface area contributed by atoms with Crippen molar-refractivity contribution < 1.29 is 0 Å². The fourth-order valence-electron chi connectivity index (χ4n) is 2.19. The molecule has 4 nitrogen and oxygen atoms in total. The van der Waals surface area contributed by atoms with Gasteiger partial charge in [0.15, 0.2) is 0 Å². The monoisotopic (exact) mass is 342 g/mol. The summed E-state index contributed by atoms with van der Waals surface area (Å²) in [7, 11) is 0. The van der Waals surface area contributed by atoms with E-state index in [0.29, 0.717) is 0 Å². The Labute approximate surface area is 132 Å². The largest absolute Gasteiger partial charge is 0.377 e. The molecule has 21 heavy (non-hydrogen) atoms. The van der Waals surface area contributed by atoms with Crippen LogP contribution in [0.25, 0.3) is 5.69 Å². The normalized spacial score (nSPS) is 12.1. The lowest BCUT2D eigenvalue weighted by atomic mass is 10.1. The van der Waals surface area contributed by atoms with Gasteiger partial charge in [0.1, 0.15) is 0 Å². The topological polar surface area (TPSA) is 42.7 Å². The van der Waals surface area contributed by atoms with E-state index < -0.39 is 0 Å².